The van der Waals surface area contributed by atoms with E-state index in [1.807, 2.05) is 6.07 Å². The highest BCUT2D eigenvalue weighted by Crippen LogP contribution is 2.38. The van der Waals surface area contributed by atoms with Crippen LogP contribution in [-0.4, -0.2) is 32.2 Å². The average Bonchev–Trinajstić information content (AvgIpc) is 2.67. The third-order valence-electron chi connectivity index (χ3n) is 4.22. The molecule has 1 aromatic heterocycles. The van der Waals surface area contributed by atoms with Crippen LogP contribution in [-0.2, 0) is 0 Å². The summed E-state index contributed by atoms with van der Waals surface area (Å²) in [7, 11) is 4.47. The number of amides is 1. The number of fused-ring (bicyclic) bond motifs is 1. The van der Waals surface area contributed by atoms with E-state index in [9.17, 15) is 9.59 Å². The van der Waals surface area contributed by atoms with Crippen LogP contribution in [0.2, 0.25) is 0 Å². The molecular weight excluding hydrogens is 348 g/mol. The van der Waals surface area contributed by atoms with E-state index in [1.54, 1.807) is 37.3 Å². The number of carbonyl (C=O) groups is 1. The Morgan fingerprint density at radius 3 is 2.22 bits per heavy atom. The van der Waals surface area contributed by atoms with E-state index in [-0.39, 0.29) is 11.5 Å². The topological polar surface area (TPSA) is 89.7 Å². The number of methoxy groups -OCH3 is 3. The first-order valence-electron chi connectivity index (χ1n) is 8.22. The minimum Gasteiger partial charge on any atom is -0.493 e. The predicted molar refractivity (Wildman–Crippen MR) is 103 cm³/mol. The lowest BCUT2D eigenvalue weighted by Crippen LogP contribution is -2.13. The van der Waals surface area contributed by atoms with Crippen LogP contribution < -0.4 is 25.1 Å². The van der Waals surface area contributed by atoms with Crippen molar-refractivity contribution in [1.29, 1.82) is 0 Å². The molecule has 0 fully saturated rings. The summed E-state index contributed by atoms with van der Waals surface area (Å²) in [6.45, 7) is 1.75. The molecule has 2 N–H and O–H groups in total. The van der Waals surface area contributed by atoms with Gasteiger partial charge in [0.25, 0.3) is 11.5 Å². The summed E-state index contributed by atoms with van der Waals surface area (Å²) in [5.74, 6) is 0.846. The number of aromatic amines is 1. The molecule has 7 heteroatoms. The molecular formula is C20H20N2O5. The van der Waals surface area contributed by atoms with Gasteiger partial charge in [0.1, 0.15) is 0 Å². The second-order valence-electron chi connectivity index (χ2n) is 5.95. The van der Waals surface area contributed by atoms with E-state index in [1.165, 1.54) is 21.3 Å². The predicted octanol–water partition coefficient (Wildman–Crippen LogP) is 3.11. The molecule has 0 aliphatic carbocycles. The molecule has 1 heterocycles. The Morgan fingerprint density at radius 2 is 1.63 bits per heavy atom. The largest absolute Gasteiger partial charge is 0.493 e. The Bertz CT molecular complexity index is 1050. The van der Waals surface area contributed by atoms with Gasteiger partial charge in [-0.05, 0) is 42.6 Å². The Hall–Kier alpha value is -3.48. The maximum absolute atomic E-state index is 12.7. The van der Waals surface area contributed by atoms with E-state index >= 15 is 0 Å². The van der Waals surface area contributed by atoms with Crippen molar-refractivity contribution in [3.8, 4) is 17.2 Å². The van der Waals surface area contributed by atoms with Crippen molar-refractivity contribution >= 4 is 22.5 Å². The van der Waals surface area contributed by atoms with Gasteiger partial charge in [0.2, 0.25) is 5.75 Å². The summed E-state index contributed by atoms with van der Waals surface area (Å²) in [6.07, 6.45) is 0. The number of ether oxygens (including phenoxy) is 3. The number of aryl methyl sites for hydroxylation is 1. The van der Waals surface area contributed by atoms with Gasteiger partial charge >= 0.3 is 0 Å². The molecule has 140 valence electrons. The molecule has 1 amide bonds. The highest BCUT2D eigenvalue weighted by molar-refractivity contribution is 6.05. The summed E-state index contributed by atoms with van der Waals surface area (Å²) < 4.78 is 15.8. The van der Waals surface area contributed by atoms with Crippen LogP contribution >= 0.6 is 0 Å². The van der Waals surface area contributed by atoms with Gasteiger partial charge in [-0.15, -0.1) is 0 Å². The Kier molecular flexibility index (Phi) is 5.03. The molecule has 0 radical (unpaired) electrons. The summed E-state index contributed by atoms with van der Waals surface area (Å²) in [4.78, 5) is 27.3. The van der Waals surface area contributed by atoms with Crippen molar-refractivity contribution in [2.75, 3.05) is 26.6 Å². The SMILES string of the molecule is COc1cc(C(=O)Nc2ccc3cc(C)c(=O)[nH]c3c2)cc(OC)c1OC. The zero-order valence-corrected chi connectivity index (χ0v) is 15.5. The molecule has 0 unspecified atom stereocenters. The van der Waals surface area contributed by atoms with Crippen molar-refractivity contribution in [3.63, 3.8) is 0 Å². The van der Waals surface area contributed by atoms with Gasteiger partial charge in [-0.3, -0.25) is 9.59 Å². The third kappa shape index (κ3) is 3.57. The minimum atomic E-state index is -0.344. The number of carbonyl (C=O) groups excluding carboxylic acids is 1. The number of rotatable bonds is 5. The van der Waals surface area contributed by atoms with Crippen LogP contribution in [0.1, 0.15) is 15.9 Å². The van der Waals surface area contributed by atoms with E-state index in [4.69, 9.17) is 14.2 Å². The molecule has 0 saturated carbocycles. The standard InChI is InChI=1S/C20H20N2O5/c1-11-7-12-5-6-14(10-15(12)22-19(11)23)21-20(24)13-8-16(25-2)18(27-4)17(9-13)26-3/h5-10H,1-4H3,(H,21,24)(H,22,23). The lowest BCUT2D eigenvalue weighted by atomic mass is 10.1. The normalized spacial score (nSPS) is 10.5. The van der Waals surface area contributed by atoms with Crippen LogP contribution in [0, 0.1) is 6.92 Å². The summed E-state index contributed by atoms with van der Waals surface area (Å²) >= 11 is 0. The lowest BCUT2D eigenvalue weighted by Gasteiger charge is -2.14. The highest BCUT2D eigenvalue weighted by Gasteiger charge is 2.17. The molecule has 0 atom stereocenters. The summed E-state index contributed by atoms with van der Waals surface area (Å²) in [6, 6.07) is 10.3. The summed E-state index contributed by atoms with van der Waals surface area (Å²) in [5.41, 5.74) is 2.03. The van der Waals surface area contributed by atoms with Gasteiger partial charge in [0.05, 0.1) is 26.8 Å². The van der Waals surface area contributed by atoms with Gasteiger partial charge in [0, 0.05) is 16.8 Å². The van der Waals surface area contributed by atoms with Crippen molar-refractivity contribution in [1.82, 2.24) is 4.98 Å². The van der Waals surface area contributed by atoms with Crippen molar-refractivity contribution in [2.24, 2.45) is 0 Å². The van der Waals surface area contributed by atoms with Gasteiger partial charge in [-0.2, -0.15) is 0 Å². The number of benzene rings is 2. The fourth-order valence-electron chi connectivity index (χ4n) is 2.80. The maximum atomic E-state index is 12.7. The van der Waals surface area contributed by atoms with Gasteiger partial charge in [0.15, 0.2) is 11.5 Å². The third-order valence-corrected chi connectivity index (χ3v) is 4.22. The second kappa shape index (κ2) is 7.41. The van der Waals surface area contributed by atoms with Crippen LogP contribution in [0.5, 0.6) is 17.2 Å². The Morgan fingerprint density at radius 1 is 0.963 bits per heavy atom. The second-order valence-corrected chi connectivity index (χ2v) is 5.95. The van der Waals surface area contributed by atoms with Gasteiger partial charge in [-0.1, -0.05) is 6.07 Å². The molecule has 2 aromatic carbocycles. The smallest absolute Gasteiger partial charge is 0.255 e. The van der Waals surface area contributed by atoms with Crippen LogP contribution in [0.3, 0.4) is 0 Å². The number of nitrogens with one attached hydrogen (secondary N) is 2. The molecule has 0 aliphatic heterocycles. The maximum Gasteiger partial charge on any atom is 0.255 e. The Labute approximate surface area is 155 Å². The van der Waals surface area contributed by atoms with Crippen LogP contribution in [0.4, 0.5) is 5.69 Å². The fraction of sp³-hybridized carbons (Fsp3) is 0.200. The molecule has 3 rings (SSSR count). The van der Waals surface area contributed by atoms with E-state index in [0.717, 1.165) is 5.39 Å². The number of anilines is 1. The number of aromatic nitrogens is 1. The van der Waals surface area contributed by atoms with Crippen molar-refractivity contribution in [3.05, 3.63) is 57.9 Å². The zero-order valence-electron chi connectivity index (χ0n) is 15.5. The van der Waals surface area contributed by atoms with Gasteiger partial charge in [-0.25, -0.2) is 0 Å². The van der Waals surface area contributed by atoms with Crippen LogP contribution in [0.15, 0.2) is 41.2 Å². The fourth-order valence-corrected chi connectivity index (χ4v) is 2.80. The monoisotopic (exact) mass is 368 g/mol. The number of pyridine rings is 1. The average molecular weight is 368 g/mol. The number of hydrogen-bond acceptors (Lipinski definition) is 5. The van der Waals surface area contributed by atoms with Gasteiger partial charge < -0.3 is 24.5 Å². The number of H-pyrrole nitrogens is 1. The lowest BCUT2D eigenvalue weighted by molar-refractivity contribution is 0.102. The molecule has 7 nitrogen and oxygen atoms in total. The van der Waals surface area contributed by atoms with E-state index < -0.39 is 0 Å². The highest BCUT2D eigenvalue weighted by atomic mass is 16.5. The minimum absolute atomic E-state index is 0.157. The van der Waals surface area contributed by atoms with Crippen molar-refractivity contribution < 1.29 is 19.0 Å². The first-order chi connectivity index (χ1) is 13.0. The molecule has 27 heavy (non-hydrogen) atoms. The zero-order chi connectivity index (χ0) is 19.6. The van der Waals surface area contributed by atoms with Crippen molar-refractivity contribution in [2.45, 2.75) is 6.92 Å². The Balaban J connectivity index is 1.94. The molecule has 0 saturated heterocycles. The molecule has 0 spiro atoms. The molecule has 0 bridgehead atoms. The van der Waals surface area contributed by atoms with E-state index in [0.29, 0.717) is 39.6 Å². The van der Waals surface area contributed by atoms with E-state index in [2.05, 4.69) is 10.3 Å². The number of hydrogen-bond donors (Lipinski definition) is 2. The first kappa shape index (κ1) is 18.3. The quantitative estimate of drug-likeness (QED) is 0.722. The molecule has 3 aromatic rings. The first-order valence-corrected chi connectivity index (χ1v) is 8.22. The van der Waals surface area contributed by atoms with Crippen LogP contribution in [0.25, 0.3) is 10.9 Å². The summed E-state index contributed by atoms with van der Waals surface area (Å²) in [5, 5.41) is 3.70. The molecule has 0 aliphatic rings.